The van der Waals surface area contributed by atoms with E-state index in [1.165, 1.54) is 35.4 Å². The zero-order chi connectivity index (χ0) is 30.6. The van der Waals surface area contributed by atoms with Crippen LogP contribution in [0.5, 0.6) is 11.6 Å². The van der Waals surface area contributed by atoms with Crippen molar-refractivity contribution in [3.05, 3.63) is 64.4 Å². The van der Waals surface area contributed by atoms with Crippen molar-refractivity contribution in [2.75, 3.05) is 10.2 Å². The van der Waals surface area contributed by atoms with Crippen molar-refractivity contribution >= 4 is 35.0 Å². The van der Waals surface area contributed by atoms with Gasteiger partial charge in [0.2, 0.25) is 11.8 Å². The molecule has 1 aromatic carbocycles. The van der Waals surface area contributed by atoms with Gasteiger partial charge in [0.1, 0.15) is 17.1 Å². The van der Waals surface area contributed by atoms with Crippen LogP contribution in [0.3, 0.4) is 0 Å². The molecule has 2 heterocycles. The molecule has 0 radical (unpaired) electrons. The predicted octanol–water partition coefficient (Wildman–Crippen LogP) is 7.21. The van der Waals surface area contributed by atoms with Crippen LogP contribution >= 0.6 is 11.6 Å². The fraction of sp³-hybridized carbons (Fsp3) is 0.414. The summed E-state index contributed by atoms with van der Waals surface area (Å²) in [6.07, 6.45) is -0.336. The molecular weight excluding hydrogens is 575 g/mol. The molecule has 0 unspecified atom stereocenters. The molecule has 3 aromatic rings. The molecule has 9 nitrogen and oxygen atoms in total. The van der Waals surface area contributed by atoms with E-state index in [1.54, 1.807) is 13.8 Å². The normalized spacial score (nSPS) is 17.1. The van der Waals surface area contributed by atoms with Gasteiger partial charge in [-0.05, 0) is 87.4 Å². The Morgan fingerprint density at radius 1 is 1.12 bits per heavy atom. The van der Waals surface area contributed by atoms with Crippen LogP contribution in [0.15, 0.2) is 42.6 Å². The second kappa shape index (κ2) is 12.9. The standard InChI is InChI=1S/C29H31ClF3N5O4/c1-16(2)38(27(39)19-6-4-17(3)5-7-19)23-9-8-20(13-21(23)28(40)41)42-26-22(29(31,32)33)12-18(15-35-26)14-34-25-11-10-24(30)36-37-25/h8-13,15-17,19H,4-7,14H2,1-3H3,(H,34,37)(H,40,41). The maximum atomic E-state index is 14.0. The molecule has 0 spiro atoms. The Morgan fingerprint density at radius 3 is 2.43 bits per heavy atom. The first-order chi connectivity index (χ1) is 19.8. The van der Waals surface area contributed by atoms with Crippen LogP contribution in [-0.2, 0) is 17.5 Å². The summed E-state index contributed by atoms with van der Waals surface area (Å²) in [6.45, 7) is 5.68. The largest absolute Gasteiger partial charge is 0.478 e. The Labute approximate surface area is 246 Å². The molecule has 0 bridgehead atoms. The smallest absolute Gasteiger partial charge is 0.421 e. The summed E-state index contributed by atoms with van der Waals surface area (Å²) in [5.41, 5.74) is -1.06. The number of nitrogens with one attached hydrogen (secondary N) is 1. The lowest BCUT2D eigenvalue weighted by molar-refractivity contribution is -0.139. The third-order valence-corrected chi connectivity index (χ3v) is 7.31. The first-order valence-electron chi connectivity index (χ1n) is 13.5. The molecule has 0 saturated heterocycles. The van der Waals surface area contributed by atoms with E-state index in [9.17, 15) is 27.9 Å². The number of aromatic nitrogens is 3. The van der Waals surface area contributed by atoms with Crippen molar-refractivity contribution in [1.82, 2.24) is 15.2 Å². The zero-order valence-electron chi connectivity index (χ0n) is 23.3. The van der Waals surface area contributed by atoms with Gasteiger partial charge in [0.05, 0.1) is 11.3 Å². The molecule has 13 heteroatoms. The number of pyridine rings is 1. The molecule has 1 aliphatic carbocycles. The Bertz CT molecular complexity index is 1430. The number of carboxylic acids is 1. The summed E-state index contributed by atoms with van der Waals surface area (Å²) in [6, 6.07) is 7.38. The fourth-order valence-electron chi connectivity index (χ4n) is 4.91. The van der Waals surface area contributed by atoms with E-state index in [2.05, 4.69) is 27.4 Å². The first-order valence-corrected chi connectivity index (χ1v) is 13.9. The van der Waals surface area contributed by atoms with Gasteiger partial charge in [0.25, 0.3) is 0 Å². The SMILES string of the molecule is CC1CCC(C(=O)N(c2ccc(Oc3ncc(CNc4ccc(Cl)nn4)cc3C(F)(F)F)cc2C(=O)O)C(C)C)CC1. The van der Waals surface area contributed by atoms with E-state index in [0.29, 0.717) is 11.7 Å². The van der Waals surface area contributed by atoms with Gasteiger partial charge in [0.15, 0.2) is 5.15 Å². The third-order valence-electron chi connectivity index (χ3n) is 7.11. The molecule has 224 valence electrons. The van der Waals surface area contributed by atoms with Crippen molar-refractivity contribution in [2.45, 2.75) is 65.2 Å². The second-order valence-electron chi connectivity index (χ2n) is 10.6. The highest BCUT2D eigenvalue weighted by molar-refractivity contribution is 6.29. The Morgan fingerprint density at radius 2 is 1.83 bits per heavy atom. The zero-order valence-corrected chi connectivity index (χ0v) is 24.0. The number of anilines is 2. The van der Waals surface area contributed by atoms with Crippen LogP contribution in [0, 0.1) is 11.8 Å². The molecule has 0 atom stereocenters. The van der Waals surface area contributed by atoms with Gasteiger partial charge in [-0.25, -0.2) is 9.78 Å². The van der Waals surface area contributed by atoms with E-state index in [0.717, 1.165) is 37.8 Å². The van der Waals surface area contributed by atoms with E-state index in [4.69, 9.17) is 16.3 Å². The number of carbonyl (C=O) groups is 2. The number of ether oxygens (including phenoxy) is 1. The van der Waals surface area contributed by atoms with Gasteiger partial charge in [0, 0.05) is 24.7 Å². The number of hydrogen-bond acceptors (Lipinski definition) is 7. The third kappa shape index (κ3) is 7.47. The average molecular weight is 606 g/mol. The van der Waals surface area contributed by atoms with Gasteiger partial charge in [-0.3, -0.25) is 4.79 Å². The van der Waals surface area contributed by atoms with Crippen LogP contribution in [0.4, 0.5) is 24.7 Å². The van der Waals surface area contributed by atoms with Crippen LogP contribution in [0.1, 0.15) is 67.9 Å². The van der Waals surface area contributed by atoms with Gasteiger partial charge < -0.3 is 20.1 Å². The number of alkyl halides is 3. The van der Waals surface area contributed by atoms with Crippen molar-refractivity contribution in [2.24, 2.45) is 11.8 Å². The van der Waals surface area contributed by atoms with Gasteiger partial charge in [-0.2, -0.15) is 13.2 Å². The summed E-state index contributed by atoms with van der Waals surface area (Å²) in [5, 5.41) is 20.5. The quantitative estimate of drug-likeness (QED) is 0.263. The van der Waals surface area contributed by atoms with Crippen LogP contribution < -0.4 is 15.0 Å². The van der Waals surface area contributed by atoms with Crippen LogP contribution in [-0.4, -0.2) is 38.2 Å². The number of carboxylic acid groups (broad SMARTS) is 1. The minimum Gasteiger partial charge on any atom is -0.478 e. The monoisotopic (exact) mass is 605 g/mol. The van der Waals surface area contributed by atoms with Crippen LogP contribution in [0.2, 0.25) is 5.15 Å². The van der Waals surface area contributed by atoms with E-state index < -0.39 is 23.6 Å². The molecule has 1 fully saturated rings. The van der Waals surface area contributed by atoms with Crippen molar-refractivity contribution in [1.29, 1.82) is 0 Å². The van der Waals surface area contributed by atoms with Crippen molar-refractivity contribution < 1.29 is 32.6 Å². The molecule has 1 amide bonds. The Hall–Kier alpha value is -3.93. The highest BCUT2D eigenvalue weighted by Crippen LogP contribution is 2.39. The molecular formula is C29H31ClF3N5O4. The highest BCUT2D eigenvalue weighted by Gasteiger charge is 2.36. The van der Waals surface area contributed by atoms with E-state index in [1.807, 2.05) is 0 Å². The van der Waals surface area contributed by atoms with Crippen molar-refractivity contribution in [3.63, 3.8) is 0 Å². The van der Waals surface area contributed by atoms with Gasteiger partial charge in [-0.15, -0.1) is 10.2 Å². The van der Waals surface area contributed by atoms with Gasteiger partial charge >= 0.3 is 12.1 Å². The van der Waals surface area contributed by atoms with Crippen LogP contribution in [0.25, 0.3) is 0 Å². The Balaban J connectivity index is 1.60. The number of nitrogens with zero attached hydrogens (tertiary/aromatic N) is 4. The Kier molecular flexibility index (Phi) is 9.55. The number of hydrogen-bond donors (Lipinski definition) is 2. The molecule has 1 saturated carbocycles. The fourth-order valence-corrected chi connectivity index (χ4v) is 5.01. The minimum atomic E-state index is -4.81. The molecule has 2 aromatic heterocycles. The maximum absolute atomic E-state index is 14.0. The number of benzene rings is 1. The lowest BCUT2D eigenvalue weighted by Gasteiger charge is -2.34. The topological polar surface area (TPSA) is 118 Å². The minimum absolute atomic E-state index is 0.0382. The van der Waals surface area contributed by atoms with Gasteiger partial charge in [-0.1, -0.05) is 18.5 Å². The summed E-state index contributed by atoms with van der Waals surface area (Å²) in [5.74, 6) is -1.80. The molecule has 1 aliphatic rings. The number of carbonyl (C=O) groups excluding carboxylic acids is 1. The lowest BCUT2D eigenvalue weighted by Crippen LogP contribution is -2.42. The molecule has 2 N–H and O–H groups in total. The summed E-state index contributed by atoms with van der Waals surface area (Å²) >= 11 is 5.70. The molecule has 4 rings (SSSR count). The summed E-state index contributed by atoms with van der Waals surface area (Å²) in [7, 11) is 0. The second-order valence-corrected chi connectivity index (χ2v) is 11.0. The number of aromatic carboxylic acids is 1. The number of halogens is 4. The highest BCUT2D eigenvalue weighted by atomic mass is 35.5. The predicted molar refractivity (Wildman–Crippen MR) is 151 cm³/mol. The number of rotatable bonds is 9. The van der Waals surface area contributed by atoms with E-state index >= 15 is 0 Å². The first kappa shape index (κ1) is 31.0. The molecule has 0 aliphatic heterocycles. The summed E-state index contributed by atoms with van der Waals surface area (Å²) < 4.78 is 47.4. The number of amides is 1. The summed E-state index contributed by atoms with van der Waals surface area (Å²) in [4.78, 5) is 31.1. The maximum Gasteiger partial charge on any atom is 0.421 e. The average Bonchev–Trinajstić information content (AvgIpc) is 2.93. The molecule has 42 heavy (non-hydrogen) atoms. The lowest BCUT2D eigenvalue weighted by atomic mass is 9.82. The van der Waals surface area contributed by atoms with Crippen molar-refractivity contribution in [3.8, 4) is 11.6 Å². The van der Waals surface area contributed by atoms with E-state index in [-0.39, 0.29) is 52.1 Å².